The van der Waals surface area contributed by atoms with Crippen molar-refractivity contribution in [3.05, 3.63) is 55.1 Å². The molecule has 0 spiro atoms. The molecule has 0 aliphatic carbocycles. The standard InChI is InChI=1S/C15H18N2O2/c1-4-9-17(10-5-2)15(19)13-7-6-8-14(11-13)16-12(3)18/h4-8,11H,1-2,9-10H2,3H3,(H,16,18). The highest BCUT2D eigenvalue weighted by atomic mass is 16.2. The van der Waals surface area contributed by atoms with Crippen LogP contribution in [0.2, 0.25) is 0 Å². The minimum atomic E-state index is -0.168. The predicted octanol–water partition coefficient (Wildman–Crippen LogP) is 2.46. The fraction of sp³-hybridized carbons (Fsp3) is 0.200. The fourth-order valence-corrected chi connectivity index (χ4v) is 1.67. The lowest BCUT2D eigenvalue weighted by Crippen LogP contribution is -2.31. The largest absolute Gasteiger partial charge is 0.331 e. The Morgan fingerprint density at radius 3 is 2.42 bits per heavy atom. The van der Waals surface area contributed by atoms with Gasteiger partial charge in [-0.2, -0.15) is 0 Å². The third-order valence-electron chi connectivity index (χ3n) is 2.42. The van der Waals surface area contributed by atoms with Gasteiger partial charge >= 0.3 is 0 Å². The molecule has 0 fully saturated rings. The van der Waals surface area contributed by atoms with Crippen molar-refractivity contribution in [1.82, 2.24) is 4.90 Å². The van der Waals surface area contributed by atoms with Gasteiger partial charge in [0.2, 0.25) is 5.91 Å². The summed E-state index contributed by atoms with van der Waals surface area (Å²) in [5.74, 6) is -0.286. The van der Waals surface area contributed by atoms with E-state index in [1.807, 2.05) is 0 Å². The van der Waals surface area contributed by atoms with Crippen LogP contribution in [0.4, 0.5) is 5.69 Å². The fourth-order valence-electron chi connectivity index (χ4n) is 1.67. The summed E-state index contributed by atoms with van der Waals surface area (Å²) in [5.41, 5.74) is 1.13. The Bertz CT molecular complexity index is 485. The Morgan fingerprint density at radius 1 is 1.26 bits per heavy atom. The lowest BCUT2D eigenvalue weighted by Gasteiger charge is -2.19. The first-order valence-electron chi connectivity index (χ1n) is 5.97. The minimum absolute atomic E-state index is 0.119. The maximum Gasteiger partial charge on any atom is 0.254 e. The Balaban J connectivity index is 2.93. The Labute approximate surface area is 113 Å². The highest BCUT2D eigenvalue weighted by Crippen LogP contribution is 2.13. The number of anilines is 1. The molecule has 0 saturated heterocycles. The van der Waals surface area contributed by atoms with Crippen molar-refractivity contribution in [2.24, 2.45) is 0 Å². The highest BCUT2D eigenvalue weighted by Gasteiger charge is 2.13. The molecule has 19 heavy (non-hydrogen) atoms. The number of nitrogens with one attached hydrogen (secondary N) is 1. The van der Waals surface area contributed by atoms with Crippen molar-refractivity contribution in [2.45, 2.75) is 6.92 Å². The molecule has 4 heteroatoms. The molecule has 1 aromatic carbocycles. The van der Waals surface area contributed by atoms with Crippen LogP contribution in [-0.4, -0.2) is 29.8 Å². The number of carbonyl (C=O) groups excluding carboxylic acids is 2. The number of hydrogen-bond donors (Lipinski definition) is 1. The molecule has 0 bridgehead atoms. The molecule has 4 nitrogen and oxygen atoms in total. The number of amides is 2. The Kier molecular flexibility index (Phi) is 5.54. The van der Waals surface area contributed by atoms with Gasteiger partial charge in [-0.25, -0.2) is 0 Å². The zero-order chi connectivity index (χ0) is 14.3. The van der Waals surface area contributed by atoms with Gasteiger partial charge in [-0.05, 0) is 18.2 Å². The van der Waals surface area contributed by atoms with Crippen LogP contribution in [0.1, 0.15) is 17.3 Å². The number of carbonyl (C=O) groups is 2. The van der Waals surface area contributed by atoms with Crippen LogP contribution in [0.3, 0.4) is 0 Å². The summed E-state index contributed by atoms with van der Waals surface area (Å²) < 4.78 is 0. The van der Waals surface area contributed by atoms with E-state index >= 15 is 0 Å². The zero-order valence-electron chi connectivity index (χ0n) is 11.1. The van der Waals surface area contributed by atoms with E-state index in [4.69, 9.17) is 0 Å². The van der Waals surface area contributed by atoms with Crippen LogP contribution in [0.25, 0.3) is 0 Å². The molecule has 1 aromatic rings. The highest BCUT2D eigenvalue weighted by molar-refractivity contribution is 5.97. The van der Waals surface area contributed by atoms with Crippen LogP contribution < -0.4 is 5.32 Å². The molecule has 0 aliphatic rings. The van der Waals surface area contributed by atoms with E-state index in [0.29, 0.717) is 24.3 Å². The van der Waals surface area contributed by atoms with Crippen molar-refractivity contribution in [3.8, 4) is 0 Å². The first-order valence-corrected chi connectivity index (χ1v) is 5.97. The van der Waals surface area contributed by atoms with E-state index < -0.39 is 0 Å². The van der Waals surface area contributed by atoms with Gasteiger partial charge in [0.1, 0.15) is 0 Å². The van der Waals surface area contributed by atoms with Crippen LogP contribution in [0.5, 0.6) is 0 Å². The van der Waals surface area contributed by atoms with Crippen LogP contribution in [0, 0.1) is 0 Å². The molecular weight excluding hydrogens is 240 g/mol. The van der Waals surface area contributed by atoms with Crippen LogP contribution in [-0.2, 0) is 4.79 Å². The molecular formula is C15H18N2O2. The number of benzene rings is 1. The molecule has 1 rings (SSSR count). The van der Waals surface area contributed by atoms with Gasteiger partial charge in [0.15, 0.2) is 0 Å². The normalized spacial score (nSPS) is 9.53. The van der Waals surface area contributed by atoms with Crippen molar-refractivity contribution >= 4 is 17.5 Å². The predicted molar refractivity (Wildman–Crippen MR) is 77.0 cm³/mol. The third-order valence-corrected chi connectivity index (χ3v) is 2.42. The number of nitrogens with zero attached hydrogens (tertiary/aromatic N) is 1. The second kappa shape index (κ2) is 7.16. The van der Waals surface area contributed by atoms with Crippen LogP contribution >= 0.6 is 0 Å². The zero-order valence-corrected chi connectivity index (χ0v) is 11.1. The molecule has 0 unspecified atom stereocenters. The second-order valence-corrected chi connectivity index (χ2v) is 4.05. The van der Waals surface area contributed by atoms with E-state index in [0.717, 1.165) is 0 Å². The van der Waals surface area contributed by atoms with Gasteiger partial charge in [-0.3, -0.25) is 9.59 Å². The Morgan fingerprint density at radius 2 is 1.89 bits per heavy atom. The summed E-state index contributed by atoms with van der Waals surface area (Å²) in [6.07, 6.45) is 3.33. The maximum atomic E-state index is 12.3. The number of rotatable bonds is 6. The van der Waals surface area contributed by atoms with Gasteiger partial charge in [-0.15, -0.1) is 13.2 Å². The molecule has 0 heterocycles. The molecule has 100 valence electrons. The monoisotopic (exact) mass is 258 g/mol. The quantitative estimate of drug-likeness (QED) is 0.797. The van der Waals surface area contributed by atoms with E-state index in [2.05, 4.69) is 18.5 Å². The Hall–Kier alpha value is -2.36. The minimum Gasteiger partial charge on any atom is -0.331 e. The summed E-state index contributed by atoms with van der Waals surface area (Å²) in [6, 6.07) is 6.85. The summed E-state index contributed by atoms with van der Waals surface area (Å²) >= 11 is 0. The van der Waals surface area contributed by atoms with Crippen molar-refractivity contribution < 1.29 is 9.59 Å². The molecule has 0 atom stereocenters. The van der Waals surface area contributed by atoms with E-state index in [9.17, 15) is 9.59 Å². The summed E-state index contributed by atoms with van der Waals surface area (Å²) in [4.78, 5) is 24.9. The number of hydrogen-bond acceptors (Lipinski definition) is 2. The maximum absolute atomic E-state index is 12.3. The lowest BCUT2D eigenvalue weighted by atomic mass is 10.1. The topological polar surface area (TPSA) is 49.4 Å². The summed E-state index contributed by atoms with van der Waals surface area (Å²) in [6.45, 7) is 9.60. The van der Waals surface area contributed by atoms with Crippen molar-refractivity contribution in [2.75, 3.05) is 18.4 Å². The van der Waals surface area contributed by atoms with E-state index in [-0.39, 0.29) is 11.8 Å². The molecule has 0 aliphatic heterocycles. The van der Waals surface area contributed by atoms with Gasteiger partial charge in [0.05, 0.1) is 0 Å². The van der Waals surface area contributed by atoms with Gasteiger partial charge in [-0.1, -0.05) is 18.2 Å². The van der Waals surface area contributed by atoms with E-state index in [1.54, 1.807) is 41.3 Å². The molecule has 1 N–H and O–H groups in total. The van der Waals surface area contributed by atoms with Crippen molar-refractivity contribution in [3.63, 3.8) is 0 Å². The first-order chi connectivity index (χ1) is 9.08. The average molecular weight is 258 g/mol. The second-order valence-electron chi connectivity index (χ2n) is 4.05. The third kappa shape index (κ3) is 4.43. The van der Waals surface area contributed by atoms with Gasteiger partial charge in [0, 0.05) is 31.3 Å². The van der Waals surface area contributed by atoms with E-state index in [1.165, 1.54) is 6.92 Å². The average Bonchev–Trinajstić information content (AvgIpc) is 2.37. The van der Waals surface area contributed by atoms with Gasteiger partial charge < -0.3 is 10.2 Å². The molecule has 0 aromatic heterocycles. The molecule has 2 amide bonds. The van der Waals surface area contributed by atoms with Gasteiger partial charge in [0.25, 0.3) is 5.91 Å². The summed E-state index contributed by atoms with van der Waals surface area (Å²) in [7, 11) is 0. The first kappa shape index (κ1) is 14.7. The molecule has 0 radical (unpaired) electrons. The van der Waals surface area contributed by atoms with Crippen LogP contribution in [0.15, 0.2) is 49.6 Å². The lowest BCUT2D eigenvalue weighted by molar-refractivity contribution is -0.114. The van der Waals surface area contributed by atoms with Crippen molar-refractivity contribution in [1.29, 1.82) is 0 Å². The molecule has 0 saturated carbocycles. The SMILES string of the molecule is C=CCN(CC=C)C(=O)c1cccc(NC(C)=O)c1. The smallest absolute Gasteiger partial charge is 0.254 e. The summed E-state index contributed by atoms with van der Waals surface area (Å²) in [5, 5.41) is 2.65.